The fraction of sp³-hybridized carbons (Fsp3) is 0.278. The van der Waals surface area contributed by atoms with E-state index in [0.717, 1.165) is 0 Å². The van der Waals surface area contributed by atoms with Crippen LogP contribution >= 0.6 is 23.1 Å². The lowest BCUT2D eigenvalue weighted by Gasteiger charge is -2.15. The molecule has 0 bridgehead atoms. The lowest BCUT2D eigenvalue weighted by molar-refractivity contribution is -0.113. The molecule has 0 fully saturated rings. The van der Waals surface area contributed by atoms with E-state index < -0.39 is 0 Å². The highest BCUT2D eigenvalue weighted by atomic mass is 32.2. The van der Waals surface area contributed by atoms with E-state index in [2.05, 4.69) is 25.8 Å². The standard InChI is InChI=1S/C18H20N6O2S2/c1-3-24-15(12(2)20-16(26)13-7-5-4-6-8-13)22-23-18(24)28-11-14(25)21-17-19-9-10-27-17/h4-10,12H,3,11H2,1-2H3,(H,20,26)(H,19,21,25). The zero-order chi connectivity index (χ0) is 19.9. The maximum atomic E-state index is 12.4. The second kappa shape index (κ2) is 9.47. The van der Waals surface area contributed by atoms with Crippen molar-refractivity contribution in [1.29, 1.82) is 0 Å². The molecule has 8 nitrogen and oxygen atoms in total. The van der Waals surface area contributed by atoms with E-state index in [-0.39, 0.29) is 23.6 Å². The fourth-order valence-electron chi connectivity index (χ4n) is 2.53. The number of thioether (sulfide) groups is 1. The Morgan fingerprint density at radius 1 is 1.25 bits per heavy atom. The van der Waals surface area contributed by atoms with Gasteiger partial charge in [0.05, 0.1) is 11.8 Å². The van der Waals surface area contributed by atoms with Gasteiger partial charge in [0.15, 0.2) is 16.1 Å². The molecule has 28 heavy (non-hydrogen) atoms. The van der Waals surface area contributed by atoms with E-state index in [4.69, 9.17) is 0 Å². The van der Waals surface area contributed by atoms with Crippen molar-refractivity contribution in [2.75, 3.05) is 11.1 Å². The highest BCUT2D eigenvalue weighted by Crippen LogP contribution is 2.21. The summed E-state index contributed by atoms with van der Waals surface area (Å²) in [6.45, 7) is 4.46. The molecule has 3 aromatic rings. The topological polar surface area (TPSA) is 102 Å². The molecular weight excluding hydrogens is 396 g/mol. The van der Waals surface area contributed by atoms with Crippen molar-refractivity contribution in [1.82, 2.24) is 25.1 Å². The first-order valence-corrected chi connectivity index (χ1v) is 10.6. The highest BCUT2D eigenvalue weighted by Gasteiger charge is 2.20. The van der Waals surface area contributed by atoms with Gasteiger partial charge in [-0.2, -0.15) is 0 Å². The monoisotopic (exact) mass is 416 g/mol. The number of carbonyl (C=O) groups is 2. The summed E-state index contributed by atoms with van der Waals surface area (Å²) in [5, 5.41) is 17.1. The quantitative estimate of drug-likeness (QED) is 0.548. The molecule has 2 aromatic heterocycles. The van der Waals surface area contributed by atoms with Crippen LogP contribution in [0.2, 0.25) is 0 Å². The Morgan fingerprint density at radius 2 is 2.04 bits per heavy atom. The SMILES string of the molecule is CCn1c(SCC(=O)Nc2nccs2)nnc1C(C)NC(=O)c1ccccc1. The Balaban J connectivity index is 1.62. The summed E-state index contributed by atoms with van der Waals surface area (Å²) in [4.78, 5) is 28.4. The Morgan fingerprint density at radius 3 is 2.71 bits per heavy atom. The van der Waals surface area contributed by atoms with E-state index in [1.54, 1.807) is 23.7 Å². The van der Waals surface area contributed by atoms with Crippen LogP contribution in [0.5, 0.6) is 0 Å². The largest absolute Gasteiger partial charge is 0.342 e. The summed E-state index contributed by atoms with van der Waals surface area (Å²) in [7, 11) is 0. The number of hydrogen-bond donors (Lipinski definition) is 2. The Kier molecular flexibility index (Phi) is 6.77. The van der Waals surface area contributed by atoms with Crippen molar-refractivity contribution in [3.05, 3.63) is 53.3 Å². The molecule has 0 saturated heterocycles. The first-order chi connectivity index (χ1) is 13.6. The van der Waals surface area contributed by atoms with Crippen molar-refractivity contribution in [2.24, 2.45) is 0 Å². The number of thiazole rings is 1. The third-order valence-corrected chi connectivity index (χ3v) is 5.50. The molecule has 146 valence electrons. The molecule has 0 radical (unpaired) electrons. The third kappa shape index (κ3) is 4.96. The highest BCUT2D eigenvalue weighted by molar-refractivity contribution is 7.99. The Hall–Kier alpha value is -2.72. The van der Waals surface area contributed by atoms with Crippen LogP contribution in [0.15, 0.2) is 47.1 Å². The van der Waals surface area contributed by atoms with Gasteiger partial charge in [-0.3, -0.25) is 9.59 Å². The van der Waals surface area contributed by atoms with Crippen molar-refractivity contribution < 1.29 is 9.59 Å². The minimum absolute atomic E-state index is 0.155. The van der Waals surface area contributed by atoms with Crippen molar-refractivity contribution in [2.45, 2.75) is 31.6 Å². The first-order valence-electron chi connectivity index (χ1n) is 8.69. The van der Waals surface area contributed by atoms with Gasteiger partial charge in [0.1, 0.15) is 0 Å². The molecule has 0 spiro atoms. The van der Waals surface area contributed by atoms with Crippen LogP contribution in [-0.2, 0) is 11.3 Å². The molecule has 1 aromatic carbocycles. The summed E-state index contributed by atoms with van der Waals surface area (Å²) >= 11 is 2.66. The maximum absolute atomic E-state index is 12.4. The number of amides is 2. The molecule has 1 unspecified atom stereocenters. The summed E-state index contributed by atoms with van der Waals surface area (Å²) in [5.41, 5.74) is 0.588. The molecule has 0 aliphatic carbocycles. The first kappa shape index (κ1) is 20.0. The number of benzene rings is 1. The van der Waals surface area contributed by atoms with Crippen molar-refractivity contribution >= 4 is 40.0 Å². The van der Waals surface area contributed by atoms with Crippen LogP contribution in [0.25, 0.3) is 0 Å². The second-order valence-corrected chi connectivity index (χ2v) is 7.66. The van der Waals surface area contributed by atoms with Crippen LogP contribution < -0.4 is 10.6 Å². The van der Waals surface area contributed by atoms with E-state index in [9.17, 15) is 9.59 Å². The molecular formula is C18H20N6O2S2. The normalized spacial score (nSPS) is 11.8. The average molecular weight is 417 g/mol. The Labute approximate surface area is 170 Å². The number of aromatic nitrogens is 4. The summed E-state index contributed by atoms with van der Waals surface area (Å²) < 4.78 is 1.90. The van der Waals surface area contributed by atoms with E-state index in [1.807, 2.05) is 36.6 Å². The molecule has 2 N–H and O–H groups in total. The van der Waals surface area contributed by atoms with Crippen LogP contribution in [0.3, 0.4) is 0 Å². The van der Waals surface area contributed by atoms with Crippen molar-refractivity contribution in [3.63, 3.8) is 0 Å². The van der Waals surface area contributed by atoms with Gasteiger partial charge < -0.3 is 15.2 Å². The molecule has 2 amide bonds. The zero-order valence-corrected chi connectivity index (χ0v) is 17.1. The lowest BCUT2D eigenvalue weighted by atomic mass is 10.2. The number of carbonyl (C=O) groups excluding carboxylic acids is 2. The number of nitrogens with zero attached hydrogens (tertiary/aromatic N) is 4. The maximum Gasteiger partial charge on any atom is 0.251 e. The molecule has 10 heteroatoms. The number of nitrogens with one attached hydrogen (secondary N) is 2. The van der Waals surface area contributed by atoms with Gasteiger partial charge in [-0.05, 0) is 26.0 Å². The molecule has 3 rings (SSSR count). The lowest BCUT2D eigenvalue weighted by Crippen LogP contribution is -2.28. The van der Waals surface area contributed by atoms with E-state index >= 15 is 0 Å². The minimum Gasteiger partial charge on any atom is -0.342 e. The van der Waals surface area contributed by atoms with Crippen LogP contribution in [0.1, 0.15) is 36.1 Å². The number of hydrogen-bond acceptors (Lipinski definition) is 7. The smallest absolute Gasteiger partial charge is 0.251 e. The van der Waals surface area contributed by atoms with Gasteiger partial charge in [-0.15, -0.1) is 21.5 Å². The number of anilines is 1. The molecule has 0 aliphatic heterocycles. The van der Waals surface area contributed by atoms with Crippen LogP contribution in [0, 0.1) is 0 Å². The van der Waals surface area contributed by atoms with Gasteiger partial charge in [-0.1, -0.05) is 30.0 Å². The van der Waals surface area contributed by atoms with Gasteiger partial charge in [0, 0.05) is 23.7 Å². The van der Waals surface area contributed by atoms with Crippen LogP contribution in [0.4, 0.5) is 5.13 Å². The predicted molar refractivity (Wildman–Crippen MR) is 109 cm³/mol. The van der Waals surface area contributed by atoms with Gasteiger partial charge in [-0.25, -0.2) is 4.98 Å². The number of rotatable bonds is 8. The molecule has 1 atom stereocenters. The van der Waals surface area contributed by atoms with Gasteiger partial charge in [0.2, 0.25) is 5.91 Å². The summed E-state index contributed by atoms with van der Waals surface area (Å²) in [6.07, 6.45) is 1.64. The summed E-state index contributed by atoms with van der Waals surface area (Å²) in [6, 6.07) is 8.70. The molecule has 0 saturated carbocycles. The van der Waals surface area contributed by atoms with E-state index in [1.165, 1.54) is 23.1 Å². The fourth-order valence-corrected chi connectivity index (χ4v) is 3.88. The predicted octanol–water partition coefficient (Wildman–Crippen LogP) is 2.98. The third-order valence-electron chi connectivity index (χ3n) is 3.84. The van der Waals surface area contributed by atoms with E-state index in [0.29, 0.717) is 28.2 Å². The second-order valence-electron chi connectivity index (χ2n) is 5.82. The van der Waals surface area contributed by atoms with Crippen molar-refractivity contribution in [3.8, 4) is 0 Å². The summed E-state index contributed by atoms with van der Waals surface area (Å²) in [5.74, 6) is 0.519. The zero-order valence-electron chi connectivity index (χ0n) is 15.5. The van der Waals surface area contributed by atoms with Crippen LogP contribution in [-0.4, -0.2) is 37.3 Å². The molecule has 2 heterocycles. The van der Waals surface area contributed by atoms with Gasteiger partial charge >= 0.3 is 0 Å². The minimum atomic E-state index is -0.321. The van der Waals surface area contributed by atoms with Gasteiger partial charge in [0.25, 0.3) is 5.91 Å². The molecule has 0 aliphatic rings. The average Bonchev–Trinajstić information content (AvgIpc) is 3.36. The Bertz CT molecular complexity index is 927.